The number of hydrogen-bond donors (Lipinski definition) is 2. The topological polar surface area (TPSA) is 24.1 Å². The molecule has 1 aliphatic heterocycles. The van der Waals surface area contributed by atoms with Crippen molar-refractivity contribution in [2.45, 2.75) is 52.5 Å². The molecule has 0 radical (unpaired) electrons. The summed E-state index contributed by atoms with van der Waals surface area (Å²) in [5, 5.41) is 7.37. The molecule has 0 spiro atoms. The number of rotatable bonds is 3. The molecule has 2 N–H and O–H groups in total. The maximum Gasteiger partial charge on any atom is 0.0418 e. The summed E-state index contributed by atoms with van der Waals surface area (Å²) >= 11 is 0. The van der Waals surface area contributed by atoms with Gasteiger partial charge in [-0.05, 0) is 67.5 Å². The molecular weight excluding hydrogens is 280 g/mol. The zero-order chi connectivity index (χ0) is 16.6. The third-order valence-electron chi connectivity index (χ3n) is 5.93. The van der Waals surface area contributed by atoms with E-state index < -0.39 is 0 Å². The van der Waals surface area contributed by atoms with E-state index in [1.807, 2.05) is 6.07 Å². The van der Waals surface area contributed by atoms with Crippen LogP contribution in [0.2, 0.25) is 0 Å². The van der Waals surface area contributed by atoms with E-state index >= 15 is 0 Å². The molecule has 3 unspecified atom stereocenters. The predicted octanol–water partition coefficient (Wildman–Crippen LogP) is 6.07. The highest BCUT2D eigenvalue weighted by Crippen LogP contribution is 2.47. The van der Waals surface area contributed by atoms with Gasteiger partial charge in [-0.2, -0.15) is 0 Å². The molecule has 1 aliphatic rings. The summed E-state index contributed by atoms with van der Waals surface area (Å²) in [5.74, 6) is 1.15. The molecule has 23 heavy (non-hydrogen) atoms. The highest BCUT2D eigenvalue weighted by Gasteiger charge is 2.39. The smallest absolute Gasteiger partial charge is 0.0418 e. The summed E-state index contributed by atoms with van der Waals surface area (Å²) in [6.45, 7) is 11.6. The van der Waals surface area contributed by atoms with Gasteiger partial charge in [0.25, 0.3) is 0 Å². The normalized spacial score (nSPS) is 26.3. The fourth-order valence-electron chi connectivity index (χ4n) is 3.87. The van der Waals surface area contributed by atoms with Crippen molar-refractivity contribution in [1.29, 1.82) is 0 Å². The Morgan fingerprint density at radius 1 is 1.09 bits per heavy atom. The van der Waals surface area contributed by atoms with Crippen LogP contribution < -0.4 is 10.6 Å². The van der Waals surface area contributed by atoms with E-state index in [1.54, 1.807) is 0 Å². The molecule has 2 aromatic rings. The Hall–Kier alpha value is -1.96. The van der Waals surface area contributed by atoms with E-state index in [9.17, 15) is 0 Å². The first-order chi connectivity index (χ1) is 11.0. The van der Waals surface area contributed by atoms with Crippen LogP contribution in [-0.2, 0) is 0 Å². The average molecular weight is 308 g/mol. The number of benzene rings is 2. The van der Waals surface area contributed by atoms with E-state index in [2.05, 4.69) is 81.7 Å². The number of hydrogen-bond acceptors (Lipinski definition) is 2. The van der Waals surface area contributed by atoms with E-state index in [0.29, 0.717) is 11.8 Å². The molecule has 0 aromatic heterocycles. The van der Waals surface area contributed by atoms with E-state index in [0.717, 1.165) is 12.1 Å². The van der Waals surface area contributed by atoms with Crippen LogP contribution >= 0.6 is 0 Å². The van der Waals surface area contributed by atoms with Gasteiger partial charge >= 0.3 is 0 Å². The Bertz CT molecular complexity index is 692. The zero-order valence-electron chi connectivity index (χ0n) is 14.9. The molecule has 0 aliphatic carbocycles. The maximum absolute atomic E-state index is 3.81. The lowest BCUT2D eigenvalue weighted by atomic mass is 9.70. The first-order valence-corrected chi connectivity index (χ1v) is 8.70. The van der Waals surface area contributed by atoms with Crippen LogP contribution in [0.25, 0.3) is 0 Å². The fraction of sp³-hybridized carbons (Fsp3) is 0.429. The number of nitrogens with one attached hydrogen (secondary N) is 2. The van der Waals surface area contributed by atoms with Crippen molar-refractivity contribution in [3.8, 4) is 0 Å². The van der Waals surface area contributed by atoms with Gasteiger partial charge in [-0.1, -0.05) is 39.0 Å². The Labute approximate surface area is 140 Å². The second-order valence-corrected chi connectivity index (χ2v) is 7.16. The molecule has 2 nitrogen and oxygen atoms in total. The van der Waals surface area contributed by atoms with Crippen LogP contribution in [0.4, 0.5) is 17.1 Å². The maximum atomic E-state index is 3.81. The van der Waals surface area contributed by atoms with E-state index in [4.69, 9.17) is 0 Å². The lowest BCUT2D eigenvalue weighted by Gasteiger charge is -2.46. The molecule has 1 heterocycles. The van der Waals surface area contributed by atoms with Crippen LogP contribution in [0.3, 0.4) is 0 Å². The van der Waals surface area contributed by atoms with Crippen molar-refractivity contribution in [1.82, 2.24) is 0 Å². The van der Waals surface area contributed by atoms with E-state index in [-0.39, 0.29) is 5.54 Å². The van der Waals surface area contributed by atoms with Crippen LogP contribution in [0.5, 0.6) is 0 Å². The summed E-state index contributed by atoms with van der Waals surface area (Å²) in [4.78, 5) is 0. The second kappa shape index (κ2) is 5.92. The third-order valence-corrected chi connectivity index (χ3v) is 5.93. The van der Waals surface area contributed by atoms with Gasteiger partial charge in [-0.3, -0.25) is 0 Å². The summed E-state index contributed by atoms with van der Waals surface area (Å²) in [7, 11) is 0. The Kier molecular flexibility index (Phi) is 4.09. The third kappa shape index (κ3) is 2.71. The minimum absolute atomic E-state index is 0.174. The Morgan fingerprint density at radius 2 is 1.78 bits per heavy atom. The minimum atomic E-state index is 0.174. The standard InChI is InChI=1S/C21H28N2/c1-6-21(5)16(4)14(2)20-15(3)18(12-13-19(20)23-21)22-17-10-8-7-9-11-17/h7-14,16,22-23H,6H2,1-5H3. The van der Waals surface area contributed by atoms with Crippen molar-refractivity contribution < 1.29 is 0 Å². The largest absolute Gasteiger partial charge is 0.379 e. The average Bonchev–Trinajstić information content (AvgIpc) is 2.56. The molecular formula is C21H28N2. The minimum Gasteiger partial charge on any atom is -0.379 e. The first kappa shape index (κ1) is 15.9. The van der Waals surface area contributed by atoms with Crippen LogP contribution in [0, 0.1) is 12.8 Å². The molecule has 2 heteroatoms. The predicted molar refractivity (Wildman–Crippen MR) is 101 cm³/mol. The Balaban J connectivity index is 2.00. The Morgan fingerprint density at radius 3 is 2.43 bits per heavy atom. The fourth-order valence-corrected chi connectivity index (χ4v) is 3.87. The molecule has 0 amide bonds. The van der Waals surface area contributed by atoms with Crippen LogP contribution in [0.15, 0.2) is 42.5 Å². The summed E-state index contributed by atoms with van der Waals surface area (Å²) in [6, 6.07) is 14.8. The SMILES string of the molecule is CCC1(C)Nc2ccc(Nc3ccccc3)c(C)c2C(C)C1C. The van der Waals surface area contributed by atoms with Crippen molar-refractivity contribution in [2.24, 2.45) is 5.92 Å². The van der Waals surface area contributed by atoms with Gasteiger partial charge in [0.1, 0.15) is 0 Å². The number of para-hydroxylation sites is 1. The lowest BCUT2D eigenvalue weighted by molar-refractivity contribution is 0.284. The van der Waals surface area contributed by atoms with Gasteiger partial charge in [0.05, 0.1) is 0 Å². The van der Waals surface area contributed by atoms with Crippen molar-refractivity contribution in [2.75, 3.05) is 10.6 Å². The van der Waals surface area contributed by atoms with Crippen LogP contribution in [0.1, 0.15) is 51.2 Å². The monoisotopic (exact) mass is 308 g/mol. The van der Waals surface area contributed by atoms with Gasteiger partial charge in [0.15, 0.2) is 0 Å². The summed E-state index contributed by atoms with van der Waals surface area (Å²) < 4.78 is 0. The van der Waals surface area contributed by atoms with E-state index in [1.165, 1.54) is 22.5 Å². The summed E-state index contributed by atoms with van der Waals surface area (Å²) in [5.41, 5.74) is 6.64. The number of anilines is 3. The highest BCUT2D eigenvalue weighted by molar-refractivity contribution is 5.72. The van der Waals surface area contributed by atoms with Crippen molar-refractivity contribution in [3.05, 3.63) is 53.6 Å². The van der Waals surface area contributed by atoms with Crippen molar-refractivity contribution >= 4 is 17.1 Å². The van der Waals surface area contributed by atoms with Gasteiger partial charge < -0.3 is 10.6 Å². The van der Waals surface area contributed by atoms with Gasteiger partial charge in [-0.25, -0.2) is 0 Å². The van der Waals surface area contributed by atoms with Crippen LogP contribution in [-0.4, -0.2) is 5.54 Å². The highest BCUT2D eigenvalue weighted by atomic mass is 15.0. The molecule has 2 aromatic carbocycles. The molecule has 122 valence electrons. The molecule has 0 fully saturated rings. The molecule has 3 rings (SSSR count). The zero-order valence-corrected chi connectivity index (χ0v) is 14.9. The number of fused-ring (bicyclic) bond motifs is 1. The molecule has 0 saturated heterocycles. The second-order valence-electron chi connectivity index (χ2n) is 7.16. The molecule has 3 atom stereocenters. The molecule has 0 saturated carbocycles. The molecule has 0 bridgehead atoms. The van der Waals surface area contributed by atoms with Gasteiger partial charge in [-0.15, -0.1) is 0 Å². The summed E-state index contributed by atoms with van der Waals surface area (Å²) in [6.07, 6.45) is 1.14. The quantitative estimate of drug-likeness (QED) is 0.718. The van der Waals surface area contributed by atoms with Gasteiger partial charge in [0.2, 0.25) is 0 Å². The van der Waals surface area contributed by atoms with Gasteiger partial charge in [0, 0.05) is 22.6 Å². The first-order valence-electron chi connectivity index (χ1n) is 8.70. The lowest BCUT2D eigenvalue weighted by Crippen LogP contribution is -2.46. The van der Waals surface area contributed by atoms with Crippen molar-refractivity contribution in [3.63, 3.8) is 0 Å².